The Bertz CT molecular complexity index is 111. The molecular formula is C8H20O3Si. The van der Waals surface area contributed by atoms with Crippen molar-refractivity contribution in [1.29, 1.82) is 0 Å². The molecule has 74 valence electrons. The fraction of sp³-hybridized carbons (Fsp3) is 1.00. The summed E-state index contributed by atoms with van der Waals surface area (Å²) in [5.41, 5.74) is 0. The molecule has 0 aromatic heterocycles. The summed E-state index contributed by atoms with van der Waals surface area (Å²) in [6.07, 6.45) is 0. The van der Waals surface area contributed by atoms with Gasteiger partial charge in [0.25, 0.3) is 5.97 Å². The van der Waals surface area contributed by atoms with E-state index in [9.17, 15) is 0 Å². The van der Waals surface area contributed by atoms with Crippen LogP contribution in [0.2, 0.25) is 13.1 Å². The van der Waals surface area contributed by atoms with Gasteiger partial charge in [-0.25, -0.2) is 0 Å². The van der Waals surface area contributed by atoms with Crippen molar-refractivity contribution in [2.75, 3.05) is 13.2 Å². The van der Waals surface area contributed by atoms with Crippen LogP contribution in [0.25, 0.3) is 0 Å². The molecule has 0 atom stereocenters. The summed E-state index contributed by atoms with van der Waals surface area (Å²) >= 11 is 0. The zero-order valence-corrected chi connectivity index (χ0v) is 9.87. The van der Waals surface area contributed by atoms with Crippen molar-refractivity contribution in [3.8, 4) is 0 Å². The molecule has 0 fully saturated rings. The number of rotatable bonds is 6. The highest BCUT2D eigenvalue weighted by atomic mass is 28.3. The van der Waals surface area contributed by atoms with Crippen molar-refractivity contribution in [3.05, 3.63) is 0 Å². The van der Waals surface area contributed by atoms with Gasteiger partial charge in [-0.2, -0.15) is 0 Å². The predicted molar refractivity (Wildman–Crippen MR) is 51.6 cm³/mol. The molecule has 0 spiro atoms. The quantitative estimate of drug-likeness (QED) is 0.474. The molecule has 0 aliphatic rings. The summed E-state index contributed by atoms with van der Waals surface area (Å²) in [5, 5.41) is 0. The zero-order chi connectivity index (χ0) is 9.61. The monoisotopic (exact) mass is 192 g/mol. The molecule has 0 radical (unpaired) electrons. The zero-order valence-electron chi connectivity index (χ0n) is 8.72. The van der Waals surface area contributed by atoms with E-state index in [0.717, 1.165) is 0 Å². The molecule has 4 heteroatoms. The second-order valence-electron chi connectivity index (χ2n) is 2.90. The van der Waals surface area contributed by atoms with Crippen LogP contribution >= 0.6 is 0 Å². The Kier molecular flexibility index (Phi) is 5.74. The summed E-state index contributed by atoms with van der Waals surface area (Å²) in [4.78, 5) is 0. The third kappa shape index (κ3) is 4.87. The molecule has 12 heavy (non-hydrogen) atoms. The first-order valence-corrected chi connectivity index (χ1v) is 7.28. The average Bonchev–Trinajstić information content (AvgIpc) is 1.85. The molecule has 0 aromatic rings. The molecule has 3 nitrogen and oxygen atoms in total. The first-order valence-electron chi connectivity index (χ1n) is 4.49. The maximum atomic E-state index is 5.61. The Hall–Kier alpha value is 0.0969. The van der Waals surface area contributed by atoms with Crippen molar-refractivity contribution in [2.24, 2.45) is 0 Å². The minimum atomic E-state index is -1.11. The maximum Gasteiger partial charge on any atom is 0.270 e. The van der Waals surface area contributed by atoms with Crippen LogP contribution in [0.15, 0.2) is 0 Å². The Morgan fingerprint density at radius 3 is 1.75 bits per heavy atom. The van der Waals surface area contributed by atoms with E-state index >= 15 is 0 Å². The first-order chi connectivity index (χ1) is 5.54. The van der Waals surface area contributed by atoms with Crippen molar-refractivity contribution < 1.29 is 13.9 Å². The van der Waals surface area contributed by atoms with Gasteiger partial charge in [0.05, 0.1) is 0 Å². The Morgan fingerprint density at radius 1 is 1.08 bits per heavy atom. The smallest absolute Gasteiger partial charge is 0.270 e. The van der Waals surface area contributed by atoms with Crippen molar-refractivity contribution >= 4 is 9.04 Å². The minimum Gasteiger partial charge on any atom is -0.373 e. The van der Waals surface area contributed by atoms with E-state index in [0.29, 0.717) is 13.2 Å². The first kappa shape index (κ1) is 12.1. The highest BCUT2D eigenvalue weighted by Crippen LogP contribution is 2.15. The summed E-state index contributed by atoms with van der Waals surface area (Å²) in [7, 11) is -1.11. The standard InChI is InChI=1S/C8H20O3Si/c1-6-9-8(3,10-7-2)11-12(4)5/h12H,6-7H2,1-5H3. The van der Waals surface area contributed by atoms with Crippen molar-refractivity contribution in [1.82, 2.24) is 0 Å². The predicted octanol–water partition coefficient (Wildman–Crippen LogP) is 1.73. The second kappa shape index (κ2) is 5.69. The van der Waals surface area contributed by atoms with Crippen LogP contribution in [0, 0.1) is 0 Å². The van der Waals surface area contributed by atoms with Crippen LogP contribution in [0.4, 0.5) is 0 Å². The summed E-state index contributed by atoms with van der Waals surface area (Å²) < 4.78 is 16.4. The van der Waals surface area contributed by atoms with Gasteiger partial charge in [-0.15, -0.1) is 0 Å². The summed E-state index contributed by atoms with van der Waals surface area (Å²) in [5.74, 6) is -0.816. The lowest BCUT2D eigenvalue weighted by Crippen LogP contribution is -2.39. The molecule has 0 saturated heterocycles. The van der Waals surface area contributed by atoms with Crippen LogP contribution in [-0.4, -0.2) is 28.2 Å². The Labute approximate surface area is 76.7 Å². The van der Waals surface area contributed by atoms with Gasteiger partial charge in [0.2, 0.25) is 0 Å². The number of hydrogen-bond donors (Lipinski definition) is 0. The molecule has 0 aliphatic carbocycles. The van der Waals surface area contributed by atoms with Crippen LogP contribution in [0.5, 0.6) is 0 Å². The molecule has 0 N–H and O–H groups in total. The molecule has 0 bridgehead atoms. The Morgan fingerprint density at radius 2 is 1.50 bits per heavy atom. The van der Waals surface area contributed by atoms with Gasteiger partial charge in [-0.3, -0.25) is 0 Å². The van der Waals surface area contributed by atoms with E-state index in [-0.39, 0.29) is 0 Å². The molecule has 0 amide bonds. The highest BCUT2D eigenvalue weighted by molar-refractivity contribution is 6.48. The molecule has 0 aromatic carbocycles. The van der Waals surface area contributed by atoms with Gasteiger partial charge in [-0.1, -0.05) is 0 Å². The van der Waals surface area contributed by atoms with E-state index in [2.05, 4.69) is 13.1 Å². The lowest BCUT2D eigenvalue weighted by molar-refractivity contribution is -0.331. The van der Waals surface area contributed by atoms with Gasteiger partial charge in [0.1, 0.15) is 0 Å². The molecule has 0 heterocycles. The molecular weight excluding hydrogens is 172 g/mol. The van der Waals surface area contributed by atoms with Gasteiger partial charge >= 0.3 is 0 Å². The maximum absolute atomic E-state index is 5.61. The van der Waals surface area contributed by atoms with Crippen LogP contribution in [0.3, 0.4) is 0 Å². The normalized spacial score (nSPS) is 12.5. The Balaban J connectivity index is 3.98. The highest BCUT2D eigenvalue weighted by Gasteiger charge is 2.26. The average molecular weight is 192 g/mol. The van der Waals surface area contributed by atoms with Gasteiger partial charge in [0.15, 0.2) is 9.04 Å². The van der Waals surface area contributed by atoms with Crippen LogP contribution in [-0.2, 0) is 13.9 Å². The van der Waals surface area contributed by atoms with E-state index < -0.39 is 15.0 Å². The lowest BCUT2D eigenvalue weighted by Gasteiger charge is -2.30. The second-order valence-corrected chi connectivity index (χ2v) is 5.23. The van der Waals surface area contributed by atoms with Gasteiger partial charge < -0.3 is 13.9 Å². The van der Waals surface area contributed by atoms with E-state index in [4.69, 9.17) is 13.9 Å². The fourth-order valence-corrected chi connectivity index (χ4v) is 2.05. The van der Waals surface area contributed by atoms with Gasteiger partial charge in [-0.05, 0) is 26.9 Å². The third-order valence-corrected chi connectivity index (χ3v) is 2.16. The van der Waals surface area contributed by atoms with Crippen LogP contribution < -0.4 is 0 Å². The molecule has 0 unspecified atom stereocenters. The third-order valence-electron chi connectivity index (χ3n) is 1.26. The minimum absolute atomic E-state index is 0.609. The van der Waals surface area contributed by atoms with Crippen molar-refractivity contribution in [2.45, 2.75) is 39.8 Å². The van der Waals surface area contributed by atoms with Crippen LogP contribution in [0.1, 0.15) is 20.8 Å². The molecule has 0 aliphatic heterocycles. The van der Waals surface area contributed by atoms with Gasteiger partial charge in [0, 0.05) is 20.1 Å². The van der Waals surface area contributed by atoms with Crippen molar-refractivity contribution in [3.63, 3.8) is 0 Å². The van der Waals surface area contributed by atoms with E-state index in [1.54, 1.807) is 0 Å². The summed E-state index contributed by atoms with van der Waals surface area (Å²) in [6, 6.07) is 0. The topological polar surface area (TPSA) is 27.7 Å². The largest absolute Gasteiger partial charge is 0.373 e. The number of hydrogen-bond acceptors (Lipinski definition) is 3. The van der Waals surface area contributed by atoms with E-state index in [1.807, 2.05) is 20.8 Å². The lowest BCUT2D eigenvalue weighted by atomic mass is 10.6. The molecule has 0 saturated carbocycles. The fourth-order valence-electron chi connectivity index (χ4n) is 1.06. The molecule has 0 rings (SSSR count). The van der Waals surface area contributed by atoms with E-state index in [1.165, 1.54) is 0 Å². The SMILES string of the molecule is CCOC(C)(OCC)O[SiH](C)C. The number of ether oxygens (including phenoxy) is 2. The summed E-state index contributed by atoms with van der Waals surface area (Å²) in [6.45, 7) is 11.1.